The second-order valence-corrected chi connectivity index (χ2v) is 18.5. The van der Waals surface area contributed by atoms with Crippen molar-refractivity contribution in [2.45, 2.75) is 104 Å². The maximum atomic E-state index is 13.5. The Labute approximate surface area is 319 Å². The first kappa shape index (κ1) is 41.0. The molecule has 1 aromatic carbocycles. The molecule has 1 atom stereocenters. The molecule has 2 aromatic heterocycles. The highest BCUT2D eigenvalue weighted by Crippen LogP contribution is 2.33. The minimum atomic E-state index is -3.03. The Morgan fingerprint density at radius 1 is 1.00 bits per heavy atom. The van der Waals surface area contributed by atoms with Gasteiger partial charge in [-0.15, -0.1) is 0 Å². The molecule has 54 heavy (non-hydrogen) atoms. The molecule has 5 rings (SSSR count). The molecule has 0 N–H and O–H groups in total. The van der Waals surface area contributed by atoms with Crippen molar-refractivity contribution < 1.29 is 37.0 Å². The normalized spacial score (nSPS) is 19.1. The molecule has 1 saturated heterocycles. The lowest BCUT2D eigenvalue weighted by molar-refractivity contribution is -0.159. The number of fused-ring (bicyclic) bond motifs is 1. The van der Waals surface area contributed by atoms with E-state index in [-0.39, 0.29) is 29.6 Å². The molecular weight excluding hydrogens is 711 g/mol. The zero-order valence-corrected chi connectivity index (χ0v) is 33.6. The smallest absolute Gasteiger partial charge is 0.410 e. The van der Waals surface area contributed by atoms with Gasteiger partial charge in [0.1, 0.15) is 45.0 Å². The van der Waals surface area contributed by atoms with Crippen molar-refractivity contribution in [3.05, 3.63) is 48.5 Å². The Balaban J connectivity index is 1.09. The molecule has 1 saturated carbocycles. The standard InChI is InChI=1S/C40H57N5O8S/c1-27(2)36(43(6)39(48)53-40(3,4)5)38(47)52-30-17-21-44(22-18-30)37(46)29-14-12-28(13-15-29)26-34-41-20-16-35(42-34)45-23-19-31-32(45)10-8-11-33(31)51-24-9-25-54(7,49)50/h8,10-11,16,19-20,23,27-30,36H,9,12-15,17-18,21-22,24-26H2,1-7H3/t28?,29?,36-/m1/s1. The van der Waals surface area contributed by atoms with Crippen molar-refractivity contribution >= 4 is 38.7 Å². The fourth-order valence-corrected chi connectivity index (χ4v) is 8.11. The van der Waals surface area contributed by atoms with E-state index in [1.807, 2.05) is 59.8 Å². The van der Waals surface area contributed by atoms with Crippen molar-refractivity contribution in [1.82, 2.24) is 24.3 Å². The summed E-state index contributed by atoms with van der Waals surface area (Å²) < 4.78 is 42.3. The summed E-state index contributed by atoms with van der Waals surface area (Å²) >= 11 is 0. The first-order chi connectivity index (χ1) is 25.5. The van der Waals surface area contributed by atoms with Gasteiger partial charge >= 0.3 is 12.1 Å². The Morgan fingerprint density at radius 3 is 2.35 bits per heavy atom. The van der Waals surface area contributed by atoms with Crippen molar-refractivity contribution in [2.24, 2.45) is 17.8 Å². The number of likely N-dealkylation sites (N-methyl/N-ethyl adjacent to an activating group) is 1. The third-order valence-corrected chi connectivity index (χ3v) is 11.3. The number of esters is 1. The summed E-state index contributed by atoms with van der Waals surface area (Å²) in [4.78, 5) is 52.2. The van der Waals surface area contributed by atoms with Crippen molar-refractivity contribution in [3.8, 4) is 11.6 Å². The van der Waals surface area contributed by atoms with Crippen molar-refractivity contribution in [1.29, 1.82) is 0 Å². The number of aromatic nitrogens is 3. The number of rotatable bonds is 13. The molecule has 3 heterocycles. The van der Waals surface area contributed by atoms with E-state index >= 15 is 0 Å². The van der Waals surface area contributed by atoms with E-state index in [9.17, 15) is 22.8 Å². The van der Waals surface area contributed by atoms with E-state index in [1.54, 1.807) is 34.0 Å². The summed E-state index contributed by atoms with van der Waals surface area (Å²) in [6.45, 7) is 10.5. The predicted molar refractivity (Wildman–Crippen MR) is 206 cm³/mol. The van der Waals surface area contributed by atoms with Gasteiger partial charge < -0.3 is 23.7 Å². The summed E-state index contributed by atoms with van der Waals surface area (Å²) in [6, 6.07) is 8.90. The number of nitrogens with zero attached hydrogens (tertiary/aromatic N) is 5. The molecule has 3 aromatic rings. The lowest BCUT2D eigenvalue weighted by Crippen LogP contribution is -2.50. The Bertz CT molecular complexity index is 1870. The van der Waals surface area contributed by atoms with Gasteiger partial charge in [-0.3, -0.25) is 9.69 Å². The van der Waals surface area contributed by atoms with Crippen LogP contribution in [0.15, 0.2) is 42.7 Å². The van der Waals surface area contributed by atoms with Crippen LogP contribution in [0.3, 0.4) is 0 Å². The minimum absolute atomic E-state index is 0.0190. The van der Waals surface area contributed by atoms with E-state index in [4.69, 9.17) is 19.2 Å². The second kappa shape index (κ2) is 17.5. The Kier molecular flexibility index (Phi) is 13.3. The molecule has 2 fully saturated rings. The van der Waals surface area contributed by atoms with Gasteiger partial charge in [0.2, 0.25) is 5.91 Å². The van der Waals surface area contributed by atoms with E-state index in [0.717, 1.165) is 54.6 Å². The molecule has 2 amide bonds. The van der Waals surface area contributed by atoms with Crippen LogP contribution < -0.4 is 4.74 Å². The highest BCUT2D eigenvalue weighted by Gasteiger charge is 2.37. The fourth-order valence-electron chi connectivity index (χ4n) is 7.47. The molecule has 0 radical (unpaired) electrons. The molecule has 0 spiro atoms. The zero-order valence-electron chi connectivity index (χ0n) is 32.8. The number of hydrogen-bond acceptors (Lipinski definition) is 10. The van der Waals surface area contributed by atoms with Crippen LogP contribution in [0, 0.1) is 17.8 Å². The van der Waals surface area contributed by atoms with E-state index in [2.05, 4.69) is 4.98 Å². The van der Waals surface area contributed by atoms with Crippen LogP contribution >= 0.6 is 0 Å². The third-order valence-electron chi connectivity index (χ3n) is 10.2. The molecule has 13 nitrogen and oxygen atoms in total. The van der Waals surface area contributed by atoms with Gasteiger partial charge in [0.15, 0.2) is 0 Å². The number of piperidine rings is 1. The van der Waals surface area contributed by atoms with Crippen LogP contribution in [0.4, 0.5) is 4.79 Å². The van der Waals surface area contributed by atoms with E-state index < -0.39 is 33.5 Å². The lowest BCUT2D eigenvalue weighted by Gasteiger charge is -2.37. The zero-order chi connectivity index (χ0) is 39.2. The monoisotopic (exact) mass is 767 g/mol. The molecule has 0 unspecified atom stereocenters. The second-order valence-electron chi connectivity index (χ2n) is 16.2. The highest BCUT2D eigenvalue weighted by molar-refractivity contribution is 7.90. The summed E-state index contributed by atoms with van der Waals surface area (Å²) in [5.74, 6) is 2.26. The number of benzene rings is 1. The lowest BCUT2D eigenvalue weighted by atomic mass is 9.79. The average molecular weight is 768 g/mol. The summed E-state index contributed by atoms with van der Waals surface area (Å²) in [5, 5.41) is 0.924. The first-order valence-corrected chi connectivity index (χ1v) is 21.2. The number of carbonyl (C=O) groups is 3. The number of amides is 2. The summed E-state index contributed by atoms with van der Waals surface area (Å²) in [7, 11) is -1.47. The van der Waals surface area contributed by atoms with Crippen LogP contribution in [0.5, 0.6) is 5.75 Å². The van der Waals surface area contributed by atoms with Gasteiger partial charge in [-0.1, -0.05) is 19.9 Å². The Morgan fingerprint density at radius 2 is 1.70 bits per heavy atom. The van der Waals surface area contributed by atoms with Crippen LogP contribution in [0.25, 0.3) is 16.7 Å². The quantitative estimate of drug-likeness (QED) is 0.150. The van der Waals surface area contributed by atoms with Gasteiger partial charge in [-0.25, -0.2) is 28.0 Å². The third kappa shape index (κ3) is 10.9. The van der Waals surface area contributed by atoms with Crippen LogP contribution in [-0.2, 0) is 35.3 Å². The van der Waals surface area contributed by atoms with E-state index in [0.29, 0.717) is 50.6 Å². The van der Waals surface area contributed by atoms with Gasteiger partial charge in [0.05, 0.1) is 17.9 Å². The molecule has 1 aliphatic carbocycles. The number of likely N-dealkylation sites (tertiary alicyclic amines) is 1. The number of carbonyl (C=O) groups excluding carboxylic acids is 3. The topological polar surface area (TPSA) is 150 Å². The van der Waals surface area contributed by atoms with E-state index in [1.165, 1.54) is 11.2 Å². The van der Waals surface area contributed by atoms with Crippen LogP contribution in [0.2, 0.25) is 0 Å². The highest BCUT2D eigenvalue weighted by atomic mass is 32.2. The minimum Gasteiger partial charge on any atom is -0.493 e. The maximum Gasteiger partial charge on any atom is 0.410 e. The molecule has 0 bridgehead atoms. The van der Waals surface area contributed by atoms with Crippen molar-refractivity contribution in [2.75, 3.05) is 38.8 Å². The van der Waals surface area contributed by atoms with Crippen molar-refractivity contribution in [3.63, 3.8) is 0 Å². The maximum absolute atomic E-state index is 13.5. The number of sulfone groups is 1. The predicted octanol–water partition coefficient (Wildman–Crippen LogP) is 6.01. The van der Waals surface area contributed by atoms with Gasteiger partial charge in [-0.05, 0) is 89.0 Å². The summed E-state index contributed by atoms with van der Waals surface area (Å²) in [6.07, 6.45) is 9.88. The molecule has 296 valence electrons. The summed E-state index contributed by atoms with van der Waals surface area (Å²) in [5.41, 5.74) is 0.262. The number of ether oxygens (including phenoxy) is 3. The SMILES string of the molecule is CC(C)[C@H](C(=O)OC1CCN(C(=O)C2CCC(Cc3nccc(-n4ccc5c(OCCCS(C)(=O)=O)cccc54)n3)CC2)CC1)N(C)C(=O)OC(C)(C)C. The molecular formula is C40H57N5O8S. The van der Waals surface area contributed by atoms with Gasteiger partial charge in [-0.2, -0.15) is 0 Å². The molecule has 2 aliphatic rings. The van der Waals surface area contributed by atoms with Gasteiger partial charge in [0.25, 0.3) is 0 Å². The largest absolute Gasteiger partial charge is 0.493 e. The fraction of sp³-hybridized carbons (Fsp3) is 0.625. The van der Waals surface area contributed by atoms with Crippen LogP contribution in [0.1, 0.15) is 85.4 Å². The average Bonchev–Trinajstić information content (AvgIpc) is 3.54. The molecule has 14 heteroatoms. The number of hydrogen-bond donors (Lipinski definition) is 0. The Hall–Kier alpha value is -4.20. The van der Waals surface area contributed by atoms with Gasteiger partial charge in [0, 0.05) is 69.4 Å². The molecule has 1 aliphatic heterocycles. The first-order valence-electron chi connectivity index (χ1n) is 19.2. The van der Waals surface area contributed by atoms with Crippen LogP contribution in [-0.4, -0.2) is 107 Å².